The molecule has 1 aliphatic rings. The van der Waals surface area contributed by atoms with E-state index >= 15 is 0 Å². The number of esters is 1. The fraction of sp³-hybridized carbons (Fsp3) is 0.750. The Balaban J connectivity index is 2.09. The standard InChI is InChI=1S/C16H26O5/c1-2-20-16(19)8-6-4-3-5-7-13-11-14(12-15(13)18)21-10-9-17/h11,14,17H,2-10,12H2,1H3. The van der Waals surface area contributed by atoms with Gasteiger partial charge in [0.25, 0.3) is 0 Å². The van der Waals surface area contributed by atoms with Gasteiger partial charge in [-0.3, -0.25) is 9.59 Å². The zero-order valence-electron chi connectivity index (χ0n) is 12.8. The summed E-state index contributed by atoms with van der Waals surface area (Å²) in [5.74, 6) is 0.0273. The summed E-state index contributed by atoms with van der Waals surface area (Å²) < 4.78 is 10.2. The zero-order valence-corrected chi connectivity index (χ0v) is 12.8. The topological polar surface area (TPSA) is 72.8 Å². The van der Waals surface area contributed by atoms with Gasteiger partial charge in [0, 0.05) is 12.8 Å². The van der Waals surface area contributed by atoms with Crippen LogP contribution in [0.15, 0.2) is 11.6 Å². The Kier molecular flexibility index (Phi) is 8.94. The molecule has 1 aliphatic carbocycles. The molecule has 0 aromatic heterocycles. The van der Waals surface area contributed by atoms with Gasteiger partial charge in [0.05, 0.1) is 25.9 Å². The molecule has 1 atom stereocenters. The van der Waals surface area contributed by atoms with Gasteiger partial charge in [-0.25, -0.2) is 0 Å². The lowest BCUT2D eigenvalue weighted by Gasteiger charge is -2.05. The van der Waals surface area contributed by atoms with Gasteiger partial charge in [-0.05, 0) is 37.8 Å². The Bertz CT molecular complexity index is 362. The van der Waals surface area contributed by atoms with Gasteiger partial charge in [-0.15, -0.1) is 0 Å². The highest BCUT2D eigenvalue weighted by Gasteiger charge is 2.23. The van der Waals surface area contributed by atoms with E-state index in [1.54, 1.807) is 0 Å². The third kappa shape index (κ3) is 7.39. The Morgan fingerprint density at radius 2 is 2.10 bits per heavy atom. The lowest BCUT2D eigenvalue weighted by molar-refractivity contribution is -0.143. The van der Waals surface area contributed by atoms with E-state index in [9.17, 15) is 9.59 Å². The molecule has 5 heteroatoms. The van der Waals surface area contributed by atoms with Crippen LogP contribution in [0.5, 0.6) is 0 Å². The Hall–Kier alpha value is -1.20. The van der Waals surface area contributed by atoms with Gasteiger partial charge in [0.1, 0.15) is 0 Å². The lowest BCUT2D eigenvalue weighted by atomic mass is 10.0. The van der Waals surface area contributed by atoms with Gasteiger partial charge in [0.2, 0.25) is 0 Å². The van der Waals surface area contributed by atoms with Crippen LogP contribution in [0.4, 0.5) is 0 Å². The summed E-state index contributed by atoms with van der Waals surface area (Å²) in [6.07, 6.45) is 7.15. The number of ether oxygens (including phenoxy) is 2. The summed E-state index contributed by atoms with van der Waals surface area (Å²) >= 11 is 0. The van der Waals surface area contributed by atoms with Crippen LogP contribution >= 0.6 is 0 Å². The molecule has 0 heterocycles. The highest BCUT2D eigenvalue weighted by Crippen LogP contribution is 2.22. The van der Waals surface area contributed by atoms with E-state index in [0.29, 0.717) is 19.4 Å². The van der Waals surface area contributed by atoms with Crippen LogP contribution < -0.4 is 0 Å². The highest BCUT2D eigenvalue weighted by atomic mass is 16.5. The number of Topliss-reactive ketones (excluding diaryl/α,β-unsaturated/α-hetero) is 1. The Morgan fingerprint density at radius 3 is 2.81 bits per heavy atom. The average Bonchev–Trinajstić information content (AvgIpc) is 2.81. The minimum atomic E-state index is -0.163. The van der Waals surface area contributed by atoms with Crippen molar-refractivity contribution in [2.24, 2.45) is 0 Å². The third-order valence-corrected chi connectivity index (χ3v) is 3.44. The number of ketones is 1. The SMILES string of the molecule is CCOC(=O)CCCCCCC1=CC(OCCO)CC1=O. The predicted octanol–water partition coefficient (Wildman–Crippen LogP) is 2.17. The number of unbranched alkanes of at least 4 members (excludes halogenated alkanes) is 3. The summed E-state index contributed by atoms with van der Waals surface area (Å²) in [6, 6.07) is 0. The van der Waals surface area contributed by atoms with Crippen LogP contribution in [0, 0.1) is 0 Å². The molecule has 0 aromatic carbocycles. The molecule has 0 amide bonds. The summed E-state index contributed by atoms with van der Waals surface area (Å²) in [7, 11) is 0. The smallest absolute Gasteiger partial charge is 0.305 e. The number of carbonyl (C=O) groups excluding carboxylic acids is 2. The summed E-state index contributed by atoms with van der Waals surface area (Å²) in [6.45, 7) is 2.50. The van der Waals surface area contributed by atoms with E-state index in [1.165, 1.54) is 0 Å². The van der Waals surface area contributed by atoms with Crippen molar-refractivity contribution in [3.05, 3.63) is 11.6 Å². The fourth-order valence-corrected chi connectivity index (χ4v) is 2.40. The number of aliphatic hydroxyl groups excluding tert-OH is 1. The Labute approximate surface area is 126 Å². The minimum Gasteiger partial charge on any atom is -0.466 e. The fourth-order valence-electron chi connectivity index (χ4n) is 2.40. The number of hydrogen-bond donors (Lipinski definition) is 1. The second-order valence-corrected chi connectivity index (χ2v) is 5.17. The van der Waals surface area contributed by atoms with E-state index in [2.05, 4.69) is 0 Å². The maximum absolute atomic E-state index is 11.8. The van der Waals surface area contributed by atoms with Crippen molar-refractivity contribution >= 4 is 11.8 Å². The molecule has 0 fully saturated rings. The van der Waals surface area contributed by atoms with Gasteiger partial charge < -0.3 is 14.6 Å². The molecule has 0 radical (unpaired) electrons. The summed E-state index contributed by atoms with van der Waals surface area (Å²) in [5.41, 5.74) is 0.850. The number of carbonyl (C=O) groups is 2. The summed E-state index contributed by atoms with van der Waals surface area (Å²) in [5, 5.41) is 8.69. The molecular formula is C16H26O5. The molecule has 0 saturated heterocycles. The van der Waals surface area contributed by atoms with E-state index in [0.717, 1.165) is 37.7 Å². The van der Waals surface area contributed by atoms with E-state index in [-0.39, 0.29) is 31.1 Å². The van der Waals surface area contributed by atoms with Crippen LogP contribution in [0.1, 0.15) is 51.9 Å². The van der Waals surface area contributed by atoms with Crippen molar-refractivity contribution < 1.29 is 24.2 Å². The molecule has 0 aliphatic heterocycles. The average molecular weight is 298 g/mol. The first-order valence-corrected chi connectivity index (χ1v) is 7.79. The normalized spacial score (nSPS) is 17.9. The number of allylic oxidation sites excluding steroid dienone is 1. The third-order valence-electron chi connectivity index (χ3n) is 3.44. The number of hydrogen-bond acceptors (Lipinski definition) is 5. The van der Waals surface area contributed by atoms with Crippen molar-refractivity contribution in [2.75, 3.05) is 19.8 Å². The molecule has 0 bridgehead atoms. The van der Waals surface area contributed by atoms with E-state index in [4.69, 9.17) is 14.6 Å². The van der Waals surface area contributed by atoms with Crippen LogP contribution in [-0.2, 0) is 19.1 Å². The first-order chi connectivity index (χ1) is 10.2. The van der Waals surface area contributed by atoms with Crippen LogP contribution in [-0.4, -0.2) is 42.8 Å². The molecule has 0 saturated carbocycles. The number of aliphatic hydroxyl groups is 1. The maximum atomic E-state index is 11.8. The molecule has 21 heavy (non-hydrogen) atoms. The molecule has 1 N–H and O–H groups in total. The molecule has 0 spiro atoms. The molecule has 1 unspecified atom stereocenters. The first kappa shape index (κ1) is 17.9. The van der Waals surface area contributed by atoms with Crippen molar-refractivity contribution in [1.82, 2.24) is 0 Å². The largest absolute Gasteiger partial charge is 0.466 e. The van der Waals surface area contributed by atoms with Gasteiger partial charge >= 0.3 is 5.97 Å². The van der Waals surface area contributed by atoms with Crippen LogP contribution in [0.3, 0.4) is 0 Å². The van der Waals surface area contributed by atoms with Gasteiger partial charge in [0.15, 0.2) is 5.78 Å². The van der Waals surface area contributed by atoms with Gasteiger partial charge in [-0.1, -0.05) is 12.8 Å². The second-order valence-electron chi connectivity index (χ2n) is 5.17. The molecule has 0 aromatic rings. The van der Waals surface area contributed by atoms with E-state index < -0.39 is 0 Å². The lowest BCUT2D eigenvalue weighted by Crippen LogP contribution is -2.11. The monoisotopic (exact) mass is 298 g/mol. The zero-order chi connectivity index (χ0) is 15.5. The molecule has 5 nitrogen and oxygen atoms in total. The van der Waals surface area contributed by atoms with Crippen molar-refractivity contribution in [3.63, 3.8) is 0 Å². The number of rotatable bonds is 11. The predicted molar refractivity (Wildman–Crippen MR) is 78.9 cm³/mol. The second kappa shape index (κ2) is 10.5. The molecular weight excluding hydrogens is 272 g/mol. The van der Waals surface area contributed by atoms with Crippen LogP contribution in [0.25, 0.3) is 0 Å². The highest BCUT2D eigenvalue weighted by molar-refractivity contribution is 5.98. The van der Waals surface area contributed by atoms with Gasteiger partial charge in [-0.2, -0.15) is 0 Å². The van der Waals surface area contributed by atoms with E-state index in [1.807, 2.05) is 13.0 Å². The maximum Gasteiger partial charge on any atom is 0.305 e. The quantitative estimate of drug-likeness (QED) is 0.467. The summed E-state index contributed by atoms with van der Waals surface area (Å²) in [4.78, 5) is 22.9. The Morgan fingerprint density at radius 1 is 1.33 bits per heavy atom. The van der Waals surface area contributed by atoms with Crippen molar-refractivity contribution in [2.45, 2.75) is 58.0 Å². The first-order valence-electron chi connectivity index (χ1n) is 7.79. The van der Waals surface area contributed by atoms with Crippen molar-refractivity contribution in [1.29, 1.82) is 0 Å². The van der Waals surface area contributed by atoms with Crippen molar-refractivity contribution in [3.8, 4) is 0 Å². The van der Waals surface area contributed by atoms with Crippen LogP contribution in [0.2, 0.25) is 0 Å². The minimum absolute atomic E-state index is 0.0195. The molecule has 120 valence electrons. The molecule has 1 rings (SSSR count).